The molecule has 1 aromatic heterocycles. The molecule has 0 saturated heterocycles. The van der Waals surface area contributed by atoms with E-state index in [1.807, 2.05) is 19.9 Å². The summed E-state index contributed by atoms with van der Waals surface area (Å²) in [5, 5.41) is 11.4. The Hall–Kier alpha value is -0.940. The molecule has 0 spiro atoms. The van der Waals surface area contributed by atoms with Crippen LogP contribution in [0.4, 0.5) is 0 Å². The number of nitrogens with zero attached hydrogens (tertiary/aromatic N) is 4. The molecule has 0 amide bonds. The molecule has 84 valence electrons. The molecule has 2 rings (SSSR count). The maximum absolute atomic E-state index is 5.78. The van der Waals surface area contributed by atoms with Crippen LogP contribution in [0.3, 0.4) is 0 Å². The van der Waals surface area contributed by atoms with E-state index in [1.165, 1.54) is 5.56 Å². The Morgan fingerprint density at radius 1 is 1.38 bits per heavy atom. The third kappa shape index (κ3) is 1.97. The van der Waals surface area contributed by atoms with Gasteiger partial charge in [0.25, 0.3) is 0 Å². The molecule has 0 aliphatic heterocycles. The summed E-state index contributed by atoms with van der Waals surface area (Å²) in [6.07, 6.45) is 0. The third-order valence-electron chi connectivity index (χ3n) is 2.26. The van der Waals surface area contributed by atoms with Crippen LogP contribution >= 0.6 is 27.5 Å². The Morgan fingerprint density at radius 3 is 2.75 bits per heavy atom. The molecule has 0 radical (unpaired) electrons. The van der Waals surface area contributed by atoms with Gasteiger partial charge in [0, 0.05) is 4.47 Å². The average Bonchev–Trinajstić information content (AvgIpc) is 2.64. The lowest BCUT2D eigenvalue weighted by molar-refractivity contribution is 0.770. The second kappa shape index (κ2) is 4.51. The number of aromatic nitrogens is 4. The molecular formula is C10H10BrClN4. The fourth-order valence-corrected chi connectivity index (χ4v) is 2.65. The molecular weight excluding hydrogens is 291 g/mol. The van der Waals surface area contributed by atoms with Gasteiger partial charge in [0.15, 0.2) is 5.82 Å². The van der Waals surface area contributed by atoms with E-state index < -0.39 is 0 Å². The molecule has 0 unspecified atom stereocenters. The molecule has 0 aliphatic rings. The van der Waals surface area contributed by atoms with Crippen molar-refractivity contribution in [1.29, 1.82) is 0 Å². The van der Waals surface area contributed by atoms with E-state index in [9.17, 15) is 0 Å². The second-order valence-electron chi connectivity index (χ2n) is 3.55. The summed E-state index contributed by atoms with van der Waals surface area (Å²) in [6.45, 7) is 4.07. The van der Waals surface area contributed by atoms with Crippen molar-refractivity contribution >= 4 is 27.5 Å². The number of alkyl halides is 1. The van der Waals surface area contributed by atoms with Gasteiger partial charge in [-0.05, 0) is 57.4 Å². The first-order chi connectivity index (χ1) is 7.63. The van der Waals surface area contributed by atoms with Crippen molar-refractivity contribution in [2.75, 3.05) is 0 Å². The van der Waals surface area contributed by atoms with Crippen molar-refractivity contribution in [1.82, 2.24) is 20.2 Å². The van der Waals surface area contributed by atoms with Crippen LogP contribution in [0.5, 0.6) is 0 Å². The molecule has 4 nitrogen and oxygen atoms in total. The van der Waals surface area contributed by atoms with Crippen molar-refractivity contribution in [3.63, 3.8) is 0 Å². The largest absolute Gasteiger partial charge is 0.195 e. The molecule has 0 bridgehead atoms. The SMILES string of the molecule is Cc1cc(C)c(-n2nnnc2CCl)c(Br)c1. The number of halogens is 2. The van der Waals surface area contributed by atoms with E-state index in [4.69, 9.17) is 11.6 Å². The van der Waals surface area contributed by atoms with E-state index >= 15 is 0 Å². The van der Waals surface area contributed by atoms with E-state index in [1.54, 1.807) is 4.68 Å². The van der Waals surface area contributed by atoms with Crippen LogP contribution in [-0.4, -0.2) is 20.2 Å². The maximum atomic E-state index is 5.78. The van der Waals surface area contributed by atoms with Gasteiger partial charge in [-0.25, -0.2) is 0 Å². The summed E-state index contributed by atoms with van der Waals surface area (Å²) in [5.74, 6) is 0.918. The minimum Gasteiger partial charge on any atom is -0.195 e. The quantitative estimate of drug-likeness (QED) is 0.801. The van der Waals surface area contributed by atoms with Gasteiger partial charge in [0.05, 0.1) is 11.6 Å². The van der Waals surface area contributed by atoms with Gasteiger partial charge in [0.1, 0.15) is 0 Å². The monoisotopic (exact) mass is 300 g/mol. The molecule has 0 saturated carbocycles. The lowest BCUT2D eigenvalue weighted by Gasteiger charge is -2.10. The lowest BCUT2D eigenvalue weighted by atomic mass is 10.1. The second-order valence-corrected chi connectivity index (χ2v) is 4.67. The van der Waals surface area contributed by atoms with E-state index in [0.29, 0.717) is 5.82 Å². The summed E-state index contributed by atoms with van der Waals surface area (Å²) < 4.78 is 2.62. The Bertz CT molecular complexity index is 500. The van der Waals surface area contributed by atoms with Crippen LogP contribution in [0.25, 0.3) is 5.69 Å². The van der Waals surface area contributed by atoms with Gasteiger partial charge < -0.3 is 0 Å². The molecule has 0 fully saturated rings. The van der Waals surface area contributed by atoms with Crippen molar-refractivity contribution < 1.29 is 0 Å². The molecule has 0 atom stereocenters. The summed E-state index contributed by atoms with van der Waals surface area (Å²) in [6, 6.07) is 4.11. The van der Waals surface area contributed by atoms with Crippen molar-refractivity contribution in [3.8, 4) is 5.69 Å². The molecule has 6 heteroatoms. The van der Waals surface area contributed by atoms with Gasteiger partial charge in [-0.2, -0.15) is 4.68 Å². The lowest BCUT2D eigenvalue weighted by Crippen LogP contribution is -2.05. The first kappa shape index (κ1) is 11.5. The van der Waals surface area contributed by atoms with Crippen LogP contribution in [0.1, 0.15) is 17.0 Å². The molecule has 1 heterocycles. The number of rotatable bonds is 2. The van der Waals surface area contributed by atoms with Crippen molar-refractivity contribution in [2.24, 2.45) is 0 Å². The predicted octanol–water partition coefficient (Wildman–Crippen LogP) is 2.78. The molecule has 0 aliphatic carbocycles. The first-order valence-electron chi connectivity index (χ1n) is 4.74. The van der Waals surface area contributed by atoms with Crippen molar-refractivity contribution in [3.05, 3.63) is 33.6 Å². The van der Waals surface area contributed by atoms with Gasteiger partial charge >= 0.3 is 0 Å². The van der Waals surface area contributed by atoms with Crippen LogP contribution in [0, 0.1) is 13.8 Å². The highest BCUT2D eigenvalue weighted by atomic mass is 79.9. The zero-order valence-electron chi connectivity index (χ0n) is 8.91. The maximum Gasteiger partial charge on any atom is 0.171 e. The number of aryl methyl sites for hydroxylation is 2. The van der Waals surface area contributed by atoms with Crippen LogP contribution in [0.2, 0.25) is 0 Å². The summed E-state index contributed by atoms with van der Waals surface area (Å²) in [7, 11) is 0. The topological polar surface area (TPSA) is 43.6 Å². The van der Waals surface area contributed by atoms with Gasteiger partial charge in [-0.1, -0.05) is 6.07 Å². The van der Waals surface area contributed by atoms with Gasteiger partial charge in [0.2, 0.25) is 0 Å². The number of hydrogen-bond acceptors (Lipinski definition) is 3. The summed E-state index contributed by atoms with van der Waals surface area (Å²) >= 11 is 9.30. The van der Waals surface area contributed by atoms with Crippen LogP contribution in [-0.2, 0) is 5.88 Å². The normalized spacial score (nSPS) is 10.8. The third-order valence-corrected chi connectivity index (χ3v) is 3.11. The Kier molecular flexibility index (Phi) is 3.25. The first-order valence-corrected chi connectivity index (χ1v) is 6.06. The highest BCUT2D eigenvalue weighted by molar-refractivity contribution is 9.10. The smallest absolute Gasteiger partial charge is 0.171 e. The summed E-state index contributed by atoms with van der Waals surface area (Å²) in [5.41, 5.74) is 3.23. The zero-order valence-corrected chi connectivity index (χ0v) is 11.2. The zero-order chi connectivity index (χ0) is 11.7. The molecule has 2 aromatic rings. The minimum absolute atomic E-state index is 0.284. The number of hydrogen-bond donors (Lipinski definition) is 0. The fraction of sp³-hybridized carbons (Fsp3) is 0.300. The Balaban J connectivity index is 2.64. The fourth-order valence-electron chi connectivity index (χ4n) is 1.64. The highest BCUT2D eigenvalue weighted by Crippen LogP contribution is 2.26. The van der Waals surface area contributed by atoms with E-state index in [-0.39, 0.29) is 5.88 Å². The molecule has 16 heavy (non-hydrogen) atoms. The summed E-state index contributed by atoms with van der Waals surface area (Å²) in [4.78, 5) is 0. The number of benzene rings is 1. The average molecular weight is 302 g/mol. The van der Waals surface area contributed by atoms with Gasteiger partial charge in [-0.3, -0.25) is 0 Å². The Morgan fingerprint density at radius 2 is 2.12 bits per heavy atom. The molecule has 0 N–H and O–H groups in total. The van der Waals surface area contributed by atoms with E-state index in [2.05, 4.69) is 37.5 Å². The Labute approximate surface area is 107 Å². The standard InChI is InChI=1S/C10H10BrClN4/c1-6-3-7(2)10(8(11)4-6)16-9(5-12)13-14-15-16/h3-4H,5H2,1-2H3. The predicted molar refractivity (Wildman–Crippen MR) is 65.9 cm³/mol. The minimum atomic E-state index is 0.284. The van der Waals surface area contributed by atoms with Crippen molar-refractivity contribution in [2.45, 2.75) is 19.7 Å². The van der Waals surface area contributed by atoms with Crippen LogP contribution < -0.4 is 0 Å². The van der Waals surface area contributed by atoms with Gasteiger partial charge in [-0.15, -0.1) is 16.7 Å². The molecule has 1 aromatic carbocycles. The van der Waals surface area contributed by atoms with E-state index in [0.717, 1.165) is 15.7 Å². The highest BCUT2D eigenvalue weighted by Gasteiger charge is 2.13. The van der Waals surface area contributed by atoms with Crippen LogP contribution in [0.15, 0.2) is 16.6 Å². The number of tetrazole rings is 1.